The molecule has 0 aromatic heterocycles. The van der Waals surface area contributed by atoms with Crippen LogP contribution in [-0.4, -0.2) is 34.2 Å². The third-order valence-electron chi connectivity index (χ3n) is 2.42. The molecule has 0 amide bonds. The van der Waals surface area contributed by atoms with Crippen molar-refractivity contribution in [2.75, 3.05) is 13.1 Å². The van der Waals surface area contributed by atoms with Gasteiger partial charge in [0.15, 0.2) is 0 Å². The second-order valence-corrected chi connectivity index (χ2v) is 8.07. The molecule has 1 aromatic carbocycles. The van der Waals surface area contributed by atoms with Crippen molar-refractivity contribution in [2.45, 2.75) is 16.7 Å². The van der Waals surface area contributed by atoms with Gasteiger partial charge in [0.1, 0.15) is 9.79 Å². The van der Waals surface area contributed by atoms with Crippen molar-refractivity contribution in [3.05, 3.63) is 36.9 Å². The van der Waals surface area contributed by atoms with E-state index in [2.05, 4.69) is 6.58 Å². The van der Waals surface area contributed by atoms with Crippen LogP contribution in [0.1, 0.15) is 6.92 Å². The molecule has 0 atom stereocenters. The number of benzene rings is 1. The first kappa shape index (κ1) is 16.2. The smallest absolute Gasteiger partial charge is 0.207 e. The molecule has 0 heterocycles. The van der Waals surface area contributed by atoms with Gasteiger partial charge in [0.25, 0.3) is 9.05 Å². The fourth-order valence-electron chi connectivity index (χ4n) is 1.54. The molecule has 19 heavy (non-hydrogen) atoms. The first-order chi connectivity index (χ1) is 8.75. The Labute approximate surface area is 118 Å². The molecular weight excluding hydrogens is 310 g/mol. The van der Waals surface area contributed by atoms with E-state index in [0.717, 1.165) is 10.4 Å². The number of nitrogens with zero attached hydrogens (tertiary/aromatic N) is 1. The molecule has 0 fully saturated rings. The highest BCUT2D eigenvalue weighted by Crippen LogP contribution is 2.26. The summed E-state index contributed by atoms with van der Waals surface area (Å²) in [6, 6.07) is 5.24. The number of likely N-dealkylation sites (N-methyl/N-ethyl adjacent to an activating group) is 1. The van der Waals surface area contributed by atoms with Crippen LogP contribution in [0.5, 0.6) is 0 Å². The lowest BCUT2D eigenvalue weighted by Crippen LogP contribution is -2.31. The monoisotopic (exact) mass is 323 g/mol. The average Bonchev–Trinajstić information content (AvgIpc) is 2.34. The maximum absolute atomic E-state index is 12.4. The van der Waals surface area contributed by atoms with Crippen LogP contribution in [0.4, 0.5) is 0 Å². The number of rotatable bonds is 6. The quantitative estimate of drug-likeness (QED) is 0.591. The lowest BCUT2D eigenvalue weighted by Gasteiger charge is -2.19. The molecule has 8 heteroatoms. The van der Waals surface area contributed by atoms with Gasteiger partial charge in [-0.15, -0.1) is 6.58 Å². The molecular formula is C11H14ClNO4S2. The molecule has 106 valence electrons. The molecule has 0 N–H and O–H groups in total. The lowest BCUT2D eigenvalue weighted by atomic mass is 10.4. The molecule has 0 aliphatic rings. The Morgan fingerprint density at radius 3 is 2.16 bits per heavy atom. The molecule has 1 rings (SSSR count). The number of hydrogen-bond donors (Lipinski definition) is 0. The van der Waals surface area contributed by atoms with E-state index in [1.807, 2.05) is 0 Å². The van der Waals surface area contributed by atoms with Crippen LogP contribution in [0.3, 0.4) is 0 Å². The van der Waals surface area contributed by atoms with Crippen LogP contribution in [0.2, 0.25) is 0 Å². The Morgan fingerprint density at radius 2 is 1.74 bits per heavy atom. The van der Waals surface area contributed by atoms with E-state index in [-0.39, 0.29) is 18.0 Å². The minimum absolute atomic E-state index is 0.0928. The van der Waals surface area contributed by atoms with Gasteiger partial charge in [0.2, 0.25) is 10.0 Å². The molecule has 0 saturated carbocycles. The van der Waals surface area contributed by atoms with Crippen LogP contribution < -0.4 is 0 Å². The third kappa shape index (κ3) is 3.56. The molecule has 0 radical (unpaired) electrons. The largest absolute Gasteiger partial charge is 0.262 e. The molecule has 0 aliphatic heterocycles. The lowest BCUT2D eigenvalue weighted by molar-refractivity contribution is 0.458. The Hall–Kier alpha value is -0.890. The second-order valence-electron chi connectivity index (χ2n) is 3.63. The van der Waals surface area contributed by atoms with Gasteiger partial charge in [-0.05, 0) is 12.1 Å². The predicted octanol–water partition coefficient (Wildman–Crippen LogP) is 1.81. The Balaban J connectivity index is 3.50. The summed E-state index contributed by atoms with van der Waals surface area (Å²) in [6.45, 7) is 5.42. The van der Waals surface area contributed by atoms with Crippen molar-refractivity contribution in [1.82, 2.24) is 4.31 Å². The highest BCUT2D eigenvalue weighted by Gasteiger charge is 2.28. The highest BCUT2D eigenvalue weighted by molar-refractivity contribution is 8.14. The van der Waals surface area contributed by atoms with Gasteiger partial charge in [-0.1, -0.05) is 25.1 Å². The topological polar surface area (TPSA) is 71.5 Å². The van der Waals surface area contributed by atoms with Gasteiger partial charge in [-0.2, -0.15) is 4.31 Å². The predicted molar refractivity (Wildman–Crippen MR) is 74.1 cm³/mol. The minimum Gasteiger partial charge on any atom is -0.207 e. The van der Waals surface area contributed by atoms with Crippen LogP contribution in [0.25, 0.3) is 0 Å². The molecule has 5 nitrogen and oxygen atoms in total. The maximum Gasteiger partial charge on any atom is 0.262 e. The van der Waals surface area contributed by atoms with Gasteiger partial charge >= 0.3 is 0 Å². The van der Waals surface area contributed by atoms with E-state index in [1.54, 1.807) is 6.92 Å². The van der Waals surface area contributed by atoms with Crippen molar-refractivity contribution >= 4 is 29.8 Å². The van der Waals surface area contributed by atoms with Gasteiger partial charge in [-0.25, -0.2) is 16.8 Å². The third-order valence-corrected chi connectivity index (χ3v) is 5.92. The standard InChI is InChI=1S/C11H14ClNO4S2/c1-3-9-13(4-2)19(16,17)11-8-6-5-7-10(11)18(12,14)15/h3,5-8H,1,4,9H2,2H3. The molecule has 0 saturated heterocycles. The fourth-order valence-corrected chi connectivity index (χ4v) is 4.77. The molecule has 0 unspecified atom stereocenters. The van der Waals surface area contributed by atoms with Gasteiger partial charge in [-0.3, -0.25) is 0 Å². The summed E-state index contributed by atoms with van der Waals surface area (Å²) in [6.07, 6.45) is 1.43. The zero-order valence-corrected chi connectivity index (χ0v) is 12.7. The summed E-state index contributed by atoms with van der Waals surface area (Å²) in [4.78, 5) is -0.743. The average molecular weight is 324 g/mol. The number of halogens is 1. The van der Waals surface area contributed by atoms with Crippen LogP contribution in [-0.2, 0) is 19.1 Å². The fraction of sp³-hybridized carbons (Fsp3) is 0.273. The van der Waals surface area contributed by atoms with E-state index in [1.165, 1.54) is 24.3 Å². The van der Waals surface area contributed by atoms with Gasteiger partial charge in [0.05, 0.1) is 0 Å². The van der Waals surface area contributed by atoms with Crippen molar-refractivity contribution in [2.24, 2.45) is 0 Å². The van der Waals surface area contributed by atoms with Crippen molar-refractivity contribution in [3.8, 4) is 0 Å². The highest BCUT2D eigenvalue weighted by atomic mass is 35.7. The molecule has 0 aliphatic carbocycles. The summed E-state index contributed by atoms with van der Waals surface area (Å²) in [5.74, 6) is 0. The van der Waals surface area contributed by atoms with Crippen LogP contribution in [0, 0.1) is 0 Å². The SMILES string of the molecule is C=CCN(CC)S(=O)(=O)c1ccccc1S(=O)(=O)Cl. The van der Waals surface area contributed by atoms with Gasteiger partial charge < -0.3 is 0 Å². The van der Waals surface area contributed by atoms with E-state index in [9.17, 15) is 16.8 Å². The van der Waals surface area contributed by atoms with E-state index in [4.69, 9.17) is 10.7 Å². The summed E-state index contributed by atoms with van der Waals surface area (Å²) < 4.78 is 48.7. The number of hydrogen-bond acceptors (Lipinski definition) is 4. The number of sulfonamides is 1. The second kappa shape index (κ2) is 6.04. The zero-order chi connectivity index (χ0) is 14.7. The molecule has 1 aromatic rings. The normalized spacial score (nSPS) is 12.6. The Morgan fingerprint density at radius 1 is 1.21 bits per heavy atom. The maximum atomic E-state index is 12.4. The Bertz CT molecular complexity index is 668. The first-order valence-electron chi connectivity index (χ1n) is 5.40. The summed E-state index contributed by atoms with van der Waals surface area (Å²) in [5.41, 5.74) is 0. The van der Waals surface area contributed by atoms with E-state index < -0.39 is 24.0 Å². The first-order valence-corrected chi connectivity index (χ1v) is 9.14. The minimum atomic E-state index is -4.13. The molecule has 0 bridgehead atoms. The van der Waals surface area contributed by atoms with E-state index >= 15 is 0 Å². The summed E-state index contributed by atoms with van der Waals surface area (Å²) in [7, 11) is -2.80. The summed E-state index contributed by atoms with van der Waals surface area (Å²) >= 11 is 0. The zero-order valence-electron chi connectivity index (χ0n) is 10.3. The van der Waals surface area contributed by atoms with Crippen molar-refractivity contribution < 1.29 is 16.8 Å². The van der Waals surface area contributed by atoms with Crippen LogP contribution in [0.15, 0.2) is 46.7 Å². The van der Waals surface area contributed by atoms with Gasteiger partial charge in [0, 0.05) is 23.8 Å². The van der Waals surface area contributed by atoms with Crippen molar-refractivity contribution in [3.63, 3.8) is 0 Å². The van der Waals surface area contributed by atoms with Crippen molar-refractivity contribution in [1.29, 1.82) is 0 Å². The van der Waals surface area contributed by atoms with Crippen LogP contribution >= 0.6 is 10.7 Å². The summed E-state index contributed by atoms with van der Waals surface area (Å²) in [5, 5.41) is 0. The van der Waals surface area contributed by atoms with E-state index in [0.29, 0.717) is 0 Å². The molecule has 0 spiro atoms. The Kier molecular flexibility index (Phi) is 5.14.